The number of benzene rings is 1. The molecule has 0 aliphatic heterocycles. The zero-order valence-corrected chi connectivity index (χ0v) is 15.0. The monoisotopic (exact) mass is 338 g/mol. The highest BCUT2D eigenvalue weighted by Gasteiger charge is 2.15. The van der Waals surface area contributed by atoms with Crippen molar-refractivity contribution in [2.45, 2.75) is 58.4 Å². The molecule has 0 radical (unpaired) electrons. The molecule has 5 nitrogen and oxygen atoms in total. The van der Waals surface area contributed by atoms with Gasteiger partial charge in [-0.1, -0.05) is 43.9 Å². The Morgan fingerprint density at radius 3 is 2.40 bits per heavy atom. The lowest BCUT2D eigenvalue weighted by atomic mass is 10.1. The minimum atomic E-state index is -0.205. The Bertz CT molecular complexity index is 716. The molecule has 0 bridgehead atoms. The molecule has 2 N–H and O–H groups in total. The molecule has 0 spiro atoms. The number of anilines is 2. The predicted octanol–water partition coefficient (Wildman–Crippen LogP) is 4.48. The molecular formula is C20H26N4O. The fraction of sp³-hybridized carbons (Fsp3) is 0.450. The highest BCUT2D eigenvalue weighted by molar-refractivity contribution is 6.04. The number of nitrogens with zero attached hydrogens (tertiary/aromatic N) is 2. The van der Waals surface area contributed by atoms with Crippen LogP contribution < -0.4 is 10.6 Å². The quantitative estimate of drug-likeness (QED) is 0.807. The maximum Gasteiger partial charge on any atom is 0.274 e. The van der Waals surface area contributed by atoms with E-state index in [1.54, 1.807) is 6.07 Å². The van der Waals surface area contributed by atoms with Crippen molar-refractivity contribution < 1.29 is 4.79 Å². The molecule has 1 heterocycles. The zero-order valence-electron chi connectivity index (χ0n) is 15.0. The summed E-state index contributed by atoms with van der Waals surface area (Å²) in [5.41, 5.74) is 3.32. The molecule has 1 aromatic carbocycles. The average molecular weight is 338 g/mol. The molecule has 0 unspecified atom stereocenters. The molecule has 132 valence electrons. The van der Waals surface area contributed by atoms with Gasteiger partial charge in [0.2, 0.25) is 0 Å². The smallest absolute Gasteiger partial charge is 0.274 e. The highest BCUT2D eigenvalue weighted by Crippen LogP contribution is 2.22. The van der Waals surface area contributed by atoms with Gasteiger partial charge in [-0.15, -0.1) is 0 Å². The van der Waals surface area contributed by atoms with E-state index in [1.165, 1.54) is 32.0 Å². The van der Waals surface area contributed by atoms with Gasteiger partial charge >= 0.3 is 0 Å². The number of rotatable bonds is 4. The summed E-state index contributed by atoms with van der Waals surface area (Å²) in [6.07, 6.45) is 8.91. The van der Waals surface area contributed by atoms with Crippen LogP contribution in [0.1, 0.15) is 60.1 Å². The van der Waals surface area contributed by atoms with Crippen LogP contribution in [0, 0.1) is 13.8 Å². The van der Waals surface area contributed by atoms with Crippen molar-refractivity contribution in [3.8, 4) is 0 Å². The molecule has 3 rings (SSSR count). The number of nitrogens with one attached hydrogen (secondary N) is 2. The first kappa shape index (κ1) is 17.4. The van der Waals surface area contributed by atoms with Crippen LogP contribution in [0.3, 0.4) is 0 Å². The van der Waals surface area contributed by atoms with E-state index >= 15 is 0 Å². The summed E-state index contributed by atoms with van der Waals surface area (Å²) < 4.78 is 0. The van der Waals surface area contributed by atoms with E-state index in [0.717, 1.165) is 35.5 Å². The lowest BCUT2D eigenvalue weighted by Gasteiger charge is -2.17. The summed E-state index contributed by atoms with van der Waals surface area (Å²) in [4.78, 5) is 21.0. The van der Waals surface area contributed by atoms with E-state index in [4.69, 9.17) is 0 Å². The molecule has 0 saturated heterocycles. The highest BCUT2D eigenvalue weighted by atomic mass is 16.1. The summed E-state index contributed by atoms with van der Waals surface area (Å²) in [6.45, 7) is 3.98. The Hall–Kier alpha value is -2.43. The molecule has 5 heteroatoms. The standard InChI is InChI=1S/C20H26N4O/c1-14-8-7-9-15(2)19(14)24-20(25)17-12-18(22-13-21-17)23-16-10-5-3-4-6-11-16/h7-9,12-13,16H,3-6,10-11H2,1-2H3,(H,24,25)(H,21,22,23). The molecular weight excluding hydrogens is 312 g/mol. The number of aryl methyl sites for hydroxylation is 2. The number of para-hydroxylation sites is 1. The second kappa shape index (κ2) is 8.10. The minimum absolute atomic E-state index is 0.205. The van der Waals surface area contributed by atoms with Crippen molar-refractivity contribution in [2.75, 3.05) is 10.6 Å². The fourth-order valence-electron chi connectivity index (χ4n) is 3.38. The SMILES string of the molecule is Cc1cccc(C)c1NC(=O)c1cc(NC2CCCCCC2)ncn1. The molecule has 1 saturated carbocycles. The van der Waals surface area contributed by atoms with E-state index in [0.29, 0.717) is 11.7 Å². The molecule has 1 aromatic heterocycles. The maximum absolute atomic E-state index is 12.6. The van der Waals surface area contributed by atoms with Crippen molar-refractivity contribution in [3.05, 3.63) is 47.4 Å². The first-order chi connectivity index (χ1) is 12.1. The van der Waals surface area contributed by atoms with E-state index in [-0.39, 0.29) is 5.91 Å². The van der Waals surface area contributed by atoms with Gasteiger partial charge in [0.05, 0.1) is 0 Å². The third-order valence-corrected chi connectivity index (χ3v) is 4.83. The fourth-order valence-corrected chi connectivity index (χ4v) is 3.38. The van der Waals surface area contributed by atoms with E-state index in [2.05, 4.69) is 20.6 Å². The number of hydrogen-bond donors (Lipinski definition) is 2. The van der Waals surface area contributed by atoms with Crippen LogP contribution in [0.25, 0.3) is 0 Å². The number of aromatic nitrogens is 2. The van der Waals surface area contributed by atoms with Gasteiger partial charge in [-0.25, -0.2) is 9.97 Å². The van der Waals surface area contributed by atoms with E-state index in [1.807, 2.05) is 32.0 Å². The Labute approximate surface area is 149 Å². The molecule has 1 aliphatic carbocycles. The van der Waals surface area contributed by atoms with Crippen LogP contribution in [0.2, 0.25) is 0 Å². The van der Waals surface area contributed by atoms with Crippen LogP contribution in [0.4, 0.5) is 11.5 Å². The van der Waals surface area contributed by atoms with Crippen molar-refractivity contribution >= 4 is 17.4 Å². The van der Waals surface area contributed by atoms with Crippen LogP contribution in [0.15, 0.2) is 30.6 Å². The Morgan fingerprint density at radius 1 is 1.04 bits per heavy atom. The Balaban J connectivity index is 1.71. The van der Waals surface area contributed by atoms with E-state index < -0.39 is 0 Å². The van der Waals surface area contributed by atoms with Crippen molar-refractivity contribution in [2.24, 2.45) is 0 Å². The normalized spacial score (nSPS) is 15.4. The number of carbonyl (C=O) groups excluding carboxylic acids is 1. The van der Waals surface area contributed by atoms with Crippen LogP contribution in [0.5, 0.6) is 0 Å². The lowest BCUT2D eigenvalue weighted by Crippen LogP contribution is -2.20. The van der Waals surface area contributed by atoms with Gasteiger partial charge in [0.25, 0.3) is 5.91 Å². The molecule has 1 aliphatic rings. The van der Waals surface area contributed by atoms with Gasteiger partial charge < -0.3 is 10.6 Å². The largest absolute Gasteiger partial charge is 0.367 e. The van der Waals surface area contributed by atoms with E-state index in [9.17, 15) is 4.79 Å². The first-order valence-electron chi connectivity index (χ1n) is 9.09. The van der Waals surface area contributed by atoms with Gasteiger partial charge in [0.15, 0.2) is 0 Å². The number of amides is 1. The third kappa shape index (κ3) is 4.56. The van der Waals surface area contributed by atoms with Gasteiger partial charge in [-0.2, -0.15) is 0 Å². The molecule has 0 atom stereocenters. The summed E-state index contributed by atoms with van der Waals surface area (Å²) in [5.74, 6) is 0.525. The Kier molecular flexibility index (Phi) is 5.64. The van der Waals surface area contributed by atoms with Crippen molar-refractivity contribution in [3.63, 3.8) is 0 Å². The van der Waals surface area contributed by atoms with Gasteiger partial charge in [-0.05, 0) is 37.8 Å². The third-order valence-electron chi connectivity index (χ3n) is 4.83. The second-order valence-corrected chi connectivity index (χ2v) is 6.84. The van der Waals surface area contributed by atoms with Crippen molar-refractivity contribution in [1.29, 1.82) is 0 Å². The molecule has 2 aromatic rings. The topological polar surface area (TPSA) is 66.9 Å². The van der Waals surface area contributed by atoms with Gasteiger partial charge in [0.1, 0.15) is 17.8 Å². The van der Waals surface area contributed by atoms with Gasteiger partial charge in [-0.3, -0.25) is 4.79 Å². The molecule has 1 amide bonds. The van der Waals surface area contributed by atoms with Crippen LogP contribution in [-0.4, -0.2) is 21.9 Å². The summed E-state index contributed by atoms with van der Waals surface area (Å²) >= 11 is 0. The van der Waals surface area contributed by atoms with Crippen LogP contribution >= 0.6 is 0 Å². The number of hydrogen-bond acceptors (Lipinski definition) is 4. The predicted molar refractivity (Wildman–Crippen MR) is 101 cm³/mol. The zero-order chi connectivity index (χ0) is 17.6. The number of carbonyl (C=O) groups is 1. The van der Waals surface area contributed by atoms with Crippen LogP contribution in [-0.2, 0) is 0 Å². The summed E-state index contributed by atoms with van der Waals surface area (Å²) in [7, 11) is 0. The van der Waals surface area contributed by atoms with Crippen molar-refractivity contribution in [1.82, 2.24) is 9.97 Å². The lowest BCUT2D eigenvalue weighted by molar-refractivity contribution is 0.102. The molecule has 1 fully saturated rings. The van der Waals surface area contributed by atoms with Gasteiger partial charge in [0, 0.05) is 17.8 Å². The maximum atomic E-state index is 12.6. The average Bonchev–Trinajstić information content (AvgIpc) is 2.87. The Morgan fingerprint density at radius 2 is 1.72 bits per heavy atom. The first-order valence-corrected chi connectivity index (χ1v) is 9.09. The second-order valence-electron chi connectivity index (χ2n) is 6.84. The minimum Gasteiger partial charge on any atom is -0.367 e. The summed E-state index contributed by atoms with van der Waals surface area (Å²) in [6, 6.07) is 8.14. The summed E-state index contributed by atoms with van der Waals surface area (Å²) in [5, 5.41) is 6.45. The molecule has 25 heavy (non-hydrogen) atoms.